The molecular weight excluding hydrogens is 775 g/mol. The van der Waals surface area contributed by atoms with Crippen LogP contribution in [0.5, 0.6) is 0 Å². The molecule has 0 aromatic carbocycles. The molecule has 0 aliphatic heterocycles. The molecule has 17 nitrogen and oxygen atoms in total. The van der Waals surface area contributed by atoms with E-state index in [2.05, 4.69) is 96.1 Å². The average molecular weight is 844 g/mol. The van der Waals surface area contributed by atoms with Crippen LogP contribution in [0.15, 0.2) is 50.3 Å². The summed E-state index contributed by atoms with van der Waals surface area (Å²) in [5, 5.41) is 1.66. The van der Waals surface area contributed by atoms with Gasteiger partial charge in [0.05, 0.1) is 10.8 Å². The predicted octanol–water partition coefficient (Wildman–Crippen LogP) is 7.50. The minimum absolute atomic E-state index is 0.0665. The Balaban J connectivity index is 0.000000218. The Bertz CT molecular complexity index is 2610. The summed E-state index contributed by atoms with van der Waals surface area (Å²) in [5.74, 6) is 2.21. The first-order valence-electron chi connectivity index (χ1n) is 21.0. The smallest absolute Gasteiger partial charge is 0.349 e. The molecule has 0 spiro atoms. The molecule has 0 bridgehead atoms. The van der Waals surface area contributed by atoms with Crippen LogP contribution in [0.25, 0.3) is 22.1 Å². The molecule has 334 valence electrons. The van der Waals surface area contributed by atoms with E-state index < -0.39 is 0 Å². The van der Waals surface area contributed by atoms with Crippen LogP contribution in [-0.2, 0) is 0 Å². The third kappa shape index (κ3) is 11.6. The number of nitrogens with zero attached hydrogens (tertiary/aromatic N) is 8. The van der Waals surface area contributed by atoms with E-state index in [1.54, 1.807) is 17.0 Å². The zero-order valence-corrected chi connectivity index (χ0v) is 38.9. The van der Waals surface area contributed by atoms with Crippen molar-refractivity contribution in [2.75, 3.05) is 17.2 Å². The van der Waals surface area contributed by atoms with Gasteiger partial charge in [-0.15, -0.1) is 0 Å². The SMILES string of the molecule is CC(C)c1cn(C(C)C)c(=O)[nH]c1=O.CC(C)c1cn(C(C)C)c(=O)nc1N.CC(C)c1cn(C(C)C)c2nc(N)[nH]c(=O)c12.CC(C)c1cn(C(C)C)c2ncnc(N)c12. The molecule has 6 aromatic heterocycles. The van der Waals surface area contributed by atoms with E-state index in [1.165, 1.54) is 16.5 Å². The van der Waals surface area contributed by atoms with Crippen LogP contribution in [0.4, 0.5) is 17.6 Å². The van der Waals surface area contributed by atoms with Crippen molar-refractivity contribution >= 4 is 39.7 Å². The molecule has 0 saturated carbocycles. The third-order valence-corrected chi connectivity index (χ3v) is 10.1. The van der Waals surface area contributed by atoms with E-state index in [9.17, 15) is 19.2 Å². The predicted molar refractivity (Wildman–Crippen MR) is 249 cm³/mol. The summed E-state index contributed by atoms with van der Waals surface area (Å²) in [6.07, 6.45) is 9.13. The molecule has 0 saturated heterocycles. The number of H-pyrrole nitrogens is 2. The van der Waals surface area contributed by atoms with E-state index in [0.717, 1.165) is 22.2 Å². The summed E-state index contributed by atoms with van der Waals surface area (Å²) in [6, 6.07) is 0.813. The highest BCUT2D eigenvalue weighted by atomic mass is 16.2. The first kappa shape index (κ1) is 49.4. The number of hydrogen-bond acceptors (Lipinski definition) is 11. The number of nitrogen functional groups attached to an aromatic ring is 3. The topological polar surface area (TPSA) is 249 Å². The molecule has 61 heavy (non-hydrogen) atoms. The van der Waals surface area contributed by atoms with Gasteiger partial charge in [-0.2, -0.15) is 9.97 Å². The van der Waals surface area contributed by atoms with Gasteiger partial charge in [0.1, 0.15) is 29.3 Å². The Labute approximate surface area is 357 Å². The minimum atomic E-state index is -0.339. The van der Waals surface area contributed by atoms with Crippen molar-refractivity contribution in [3.05, 3.63) is 95.0 Å². The lowest BCUT2D eigenvalue weighted by Crippen LogP contribution is -2.33. The van der Waals surface area contributed by atoms with E-state index in [4.69, 9.17) is 17.2 Å². The van der Waals surface area contributed by atoms with Crippen LogP contribution >= 0.6 is 0 Å². The molecule has 0 amide bonds. The van der Waals surface area contributed by atoms with Crippen LogP contribution in [-0.4, -0.2) is 48.2 Å². The van der Waals surface area contributed by atoms with E-state index in [-0.39, 0.29) is 64.3 Å². The van der Waals surface area contributed by atoms with Crippen molar-refractivity contribution in [3.8, 4) is 0 Å². The molecule has 0 unspecified atom stereocenters. The maximum Gasteiger partial charge on any atom is 0.349 e. The second-order valence-electron chi connectivity index (χ2n) is 17.6. The lowest BCUT2D eigenvalue weighted by Gasteiger charge is -2.14. The maximum atomic E-state index is 12.0. The number of hydrogen-bond donors (Lipinski definition) is 5. The number of anilines is 3. The van der Waals surface area contributed by atoms with Gasteiger partial charge in [-0.1, -0.05) is 55.4 Å². The Morgan fingerprint density at radius 3 is 1.38 bits per heavy atom. The van der Waals surface area contributed by atoms with Crippen molar-refractivity contribution in [2.24, 2.45) is 0 Å². The van der Waals surface area contributed by atoms with Crippen LogP contribution in [0, 0.1) is 0 Å². The Morgan fingerprint density at radius 2 is 0.902 bits per heavy atom. The van der Waals surface area contributed by atoms with Gasteiger partial charge >= 0.3 is 11.4 Å². The summed E-state index contributed by atoms with van der Waals surface area (Å²) in [7, 11) is 0. The highest BCUT2D eigenvalue weighted by Crippen LogP contribution is 2.31. The summed E-state index contributed by atoms with van der Waals surface area (Å²) >= 11 is 0. The highest BCUT2D eigenvalue weighted by molar-refractivity contribution is 5.90. The fraction of sp³-hybridized carbons (Fsp3) is 0.545. The van der Waals surface area contributed by atoms with Gasteiger partial charge in [0.2, 0.25) is 5.95 Å². The lowest BCUT2D eigenvalue weighted by molar-refractivity contribution is 0.552. The zero-order chi connectivity index (χ0) is 46.4. The molecule has 0 radical (unpaired) electrons. The summed E-state index contributed by atoms with van der Waals surface area (Å²) < 4.78 is 7.29. The number of rotatable bonds is 8. The summed E-state index contributed by atoms with van der Waals surface area (Å²) in [4.78, 5) is 67.5. The monoisotopic (exact) mass is 844 g/mol. The molecule has 0 aliphatic carbocycles. The van der Waals surface area contributed by atoms with Crippen LogP contribution in [0.2, 0.25) is 0 Å². The van der Waals surface area contributed by atoms with Gasteiger partial charge < -0.3 is 26.3 Å². The largest absolute Gasteiger partial charge is 0.383 e. The minimum Gasteiger partial charge on any atom is -0.383 e. The van der Waals surface area contributed by atoms with Gasteiger partial charge in [0.25, 0.3) is 11.1 Å². The molecule has 0 fully saturated rings. The normalized spacial score (nSPS) is 11.6. The molecule has 17 heteroatoms. The fourth-order valence-corrected chi connectivity index (χ4v) is 6.61. The Kier molecular flexibility index (Phi) is 16.6. The number of aromatic nitrogens is 10. The van der Waals surface area contributed by atoms with Crippen molar-refractivity contribution < 1.29 is 0 Å². The van der Waals surface area contributed by atoms with E-state index in [0.29, 0.717) is 40.2 Å². The van der Waals surface area contributed by atoms with Gasteiger partial charge in [-0.3, -0.25) is 28.7 Å². The molecule has 0 atom stereocenters. The van der Waals surface area contributed by atoms with Crippen LogP contribution < -0.4 is 39.7 Å². The van der Waals surface area contributed by atoms with Gasteiger partial charge in [0.15, 0.2) is 0 Å². The van der Waals surface area contributed by atoms with Crippen LogP contribution in [0.1, 0.15) is 181 Å². The molecular formula is C44H69N13O4. The summed E-state index contributed by atoms with van der Waals surface area (Å²) in [5.41, 5.74) is 21.6. The first-order chi connectivity index (χ1) is 28.3. The van der Waals surface area contributed by atoms with E-state index >= 15 is 0 Å². The van der Waals surface area contributed by atoms with Gasteiger partial charge in [0, 0.05) is 60.1 Å². The average Bonchev–Trinajstić information content (AvgIpc) is 3.73. The zero-order valence-electron chi connectivity index (χ0n) is 38.9. The van der Waals surface area contributed by atoms with Gasteiger partial charge in [-0.05, 0) is 90.2 Å². The third-order valence-electron chi connectivity index (χ3n) is 10.1. The second-order valence-corrected chi connectivity index (χ2v) is 17.6. The number of aromatic amines is 2. The number of nitrogens with two attached hydrogens (primary N) is 3. The van der Waals surface area contributed by atoms with Crippen molar-refractivity contribution in [2.45, 2.75) is 159 Å². The molecule has 6 rings (SSSR count). The van der Waals surface area contributed by atoms with Crippen LogP contribution in [0.3, 0.4) is 0 Å². The first-order valence-corrected chi connectivity index (χ1v) is 21.0. The highest BCUT2D eigenvalue weighted by Gasteiger charge is 2.19. The van der Waals surface area contributed by atoms with Gasteiger partial charge in [-0.25, -0.2) is 19.6 Å². The standard InChI is InChI=1S/C12H18N4O.C12H18N4.C10H17N3O.C10H16N2O2/c1-6(2)8-5-16(7(3)4)10-9(8)11(17)15-12(13)14-10;1-7(2)9-5-16(8(3)4)12-10(9)11(13)14-6-15-12;1-6(2)8-5-13(7(3)4)10(14)12-9(8)11;1-6(2)8-5-12(7(3)4)10(14)11-9(8)13/h5-7H,1-4H3,(H3,13,14,15,17);5-8H,1-4H3,(H2,13,14,15);5-7H,1-4H3,(H2,11,12,14);5-7H,1-4H3,(H,11,13,14). The fourth-order valence-electron chi connectivity index (χ4n) is 6.61. The maximum absolute atomic E-state index is 12.0. The van der Waals surface area contributed by atoms with E-state index in [1.807, 2.05) is 66.2 Å². The molecule has 8 N–H and O–H groups in total. The number of fused-ring (bicyclic) bond motifs is 2. The quantitative estimate of drug-likeness (QED) is 0.100. The molecule has 6 aromatic rings. The molecule has 6 heterocycles. The van der Waals surface area contributed by atoms with Crippen molar-refractivity contribution in [3.63, 3.8) is 0 Å². The Hall–Kier alpha value is -6.00. The second kappa shape index (κ2) is 20.5. The van der Waals surface area contributed by atoms with Crippen molar-refractivity contribution in [1.82, 2.24) is 48.2 Å². The molecule has 0 aliphatic rings. The Morgan fingerprint density at radius 1 is 0.459 bits per heavy atom. The summed E-state index contributed by atoms with van der Waals surface area (Å²) in [6.45, 7) is 32.5. The van der Waals surface area contributed by atoms with Crippen molar-refractivity contribution in [1.29, 1.82) is 0 Å². The number of nitrogens with one attached hydrogen (secondary N) is 2. The lowest BCUT2D eigenvalue weighted by atomic mass is 10.0.